The minimum Gasteiger partial charge on any atom is -0.511 e. The Bertz CT molecular complexity index is 95.6. The number of rotatable bonds is 6. The molecule has 0 rings (SSSR count). The van der Waals surface area contributed by atoms with Gasteiger partial charge in [-0.05, 0) is 0 Å². The van der Waals surface area contributed by atoms with Gasteiger partial charge in [-0.25, -0.2) is 0 Å². The smallest absolute Gasteiger partial charge is 0.511 e. The molecule has 0 amide bonds. The average Bonchev–Trinajstić information content (AvgIpc) is 1.87. The van der Waals surface area contributed by atoms with Gasteiger partial charge in [0.25, 0.3) is 0 Å². The predicted molar refractivity (Wildman–Crippen MR) is 32.5 cm³/mol. The lowest BCUT2D eigenvalue weighted by Crippen LogP contribution is -2.12. The standard InChI is InChI=1S/C4H10O5Si/c5-1-2-8-3-4-9-10(6)7/h5-6H,1-4H2. The first kappa shape index (κ1) is 9.54. The van der Waals surface area contributed by atoms with Gasteiger partial charge in [-0.15, -0.1) is 0 Å². The first-order chi connectivity index (χ1) is 4.77. The van der Waals surface area contributed by atoms with Gasteiger partial charge in [-0.1, -0.05) is 0 Å². The van der Waals surface area contributed by atoms with Gasteiger partial charge >= 0.3 is 9.17 Å². The molecule has 10 heavy (non-hydrogen) atoms. The Morgan fingerprint density at radius 1 is 1.30 bits per heavy atom. The molecule has 0 fully saturated rings. The molecule has 0 spiro atoms. The third-order valence-electron chi connectivity index (χ3n) is 0.689. The number of hydrogen-bond donors (Lipinski definition) is 2. The maximum Gasteiger partial charge on any atom is 0.764 e. The van der Waals surface area contributed by atoms with Crippen LogP contribution in [0.4, 0.5) is 0 Å². The molecule has 60 valence electrons. The van der Waals surface area contributed by atoms with E-state index in [-0.39, 0.29) is 26.4 Å². The summed E-state index contributed by atoms with van der Waals surface area (Å²) in [7, 11) is -2.81. The van der Waals surface area contributed by atoms with Crippen LogP contribution < -0.4 is 0 Å². The van der Waals surface area contributed by atoms with Gasteiger partial charge in [-0.2, -0.15) is 0 Å². The van der Waals surface area contributed by atoms with E-state index in [4.69, 9.17) is 14.6 Å². The van der Waals surface area contributed by atoms with Crippen LogP contribution in [-0.2, 0) is 13.6 Å². The van der Waals surface area contributed by atoms with E-state index in [1.165, 1.54) is 0 Å². The van der Waals surface area contributed by atoms with Crippen molar-refractivity contribution in [3.8, 4) is 0 Å². The molecule has 0 bridgehead atoms. The van der Waals surface area contributed by atoms with Crippen molar-refractivity contribution in [2.45, 2.75) is 0 Å². The first-order valence-electron chi connectivity index (χ1n) is 2.81. The summed E-state index contributed by atoms with van der Waals surface area (Å²) in [5, 5.41) is 8.20. The van der Waals surface area contributed by atoms with Gasteiger partial charge in [0, 0.05) is 0 Å². The maximum atomic E-state index is 9.89. The summed E-state index contributed by atoms with van der Waals surface area (Å²) >= 11 is 0. The molecule has 0 unspecified atom stereocenters. The monoisotopic (exact) mass is 166 g/mol. The second kappa shape index (κ2) is 6.65. The number of aliphatic hydroxyl groups is 1. The highest BCUT2D eigenvalue weighted by Gasteiger charge is 2.01. The molecule has 0 aliphatic heterocycles. The van der Waals surface area contributed by atoms with Gasteiger partial charge in [0.1, 0.15) is 0 Å². The van der Waals surface area contributed by atoms with E-state index in [9.17, 15) is 4.46 Å². The fraction of sp³-hybridized carbons (Fsp3) is 1.00. The molecule has 0 saturated heterocycles. The van der Waals surface area contributed by atoms with Crippen LogP contribution in [-0.4, -0.2) is 45.5 Å². The Hall–Kier alpha value is -0.463. The topological polar surface area (TPSA) is 76.0 Å². The van der Waals surface area contributed by atoms with Crippen LogP contribution in [0.5, 0.6) is 0 Å². The van der Waals surface area contributed by atoms with Crippen LogP contribution in [0.25, 0.3) is 0 Å². The highest BCUT2D eigenvalue weighted by Crippen LogP contribution is 1.75. The van der Waals surface area contributed by atoms with Crippen molar-refractivity contribution < 1.29 is 23.5 Å². The van der Waals surface area contributed by atoms with Gasteiger partial charge < -0.3 is 19.1 Å². The Balaban J connectivity index is 2.84. The third-order valence-corrected chi connectivity index (χ3v) is 1.14. The Kier molecular flexibility index (Phi) is 6.35. The number of aliphatic hydroxyl groups excluding tert-OH is 1. The minimum atomic E-state index is -2.81. The van der Waals surface area contributed by atoms with Crippen LogP contribution in [0.15, 0.2) is 0 Å². The molecule has 0 saturated carbocycles. The van der Waals surface area contributed by atoms with E-state index in [0.29, 0.717) is 0 Å². The zero-order chi connectivity index (χ0) is 7.82. The molecule has 5 nitrogen and oxygen atoms in total. The fourth-order valence-corrected chi connectivity index (χ4v) is 0.612. The van der Waals surface area contributed by atoms with Crippen LogP contribution in [0.3, 0.4) is 0 Å². The van der Waals surface area contributed by atoms with E-state index in [0.717, 1.165) is 0 Å². The highest BCUT2D eigenvalue weighted by molar-refractivity contribution is 6.24. The van der Waals surface area contributed by atoms with Crippen LogP contribution >= 0.6 is 0 Å². The van der Waals surface area contributed by atoms with Crippen molar-refractivity contribution in [1.82, 2.24) is 0 Å². The summed E-state index contributed by atoms with van der Waals surface area (Å²) < 4.78 is 18.9. The van der Waals surface area contributed by atoms with Gasteiger partial charge in [-0.3, -0.25) is 4.46 Å². The quantitative estimate of drug-likeness (QED) is 0.368. The van der Waals surface area contributed by atoms with E-state index in [2.05, 4.69) is 4.43 Å². The summed E-state index contributed by atoms with van der Waals surface area (Å²) in [6.07, 6.45) is 0. The van der Waals surface area contributed by atoms with E-state index in [1.54, 1.807) is 0 Å². The van der Waals surface area contributed by atoms with Crippen molar-refractivity contribution in [2.24, 2.45) is 0 Å². The Morgan fingerprint density at radius 2 is 2.00 bits per heavy atom. The summed E-state index contributed by atoms with van der Waals surface area (Å²) in [6, 6.07) is 0. The fourth-order valence-electron chi connectivity index (χ4n) is 0.355. The molecule has 0 aromatic carbocycles. The molecule has 0 aliphatic rings. The molecule has 6 heteroatoms. The molecule has 2 N–H and O–H groups in total. The summed E-state index contributed by atoms with van der Waals surface area (Å²) in [4.78, 5) is 8.13. The van der Waals surface area contributed by atoms with Gasteiger partial charge in [0.15, 0.2) is 0 Å². The second-order valence-electron chi connectivity index (χ2n) is 1.45. The summed E-state index contributed by atoms with van der Waals surface area (Å²) in [5.74, 6) is 0. The van der Waals surface area contributed by atoms with Crippen LogP contribution in [0.2, 0.25) is 0 Å². The SMILES string of the molecule is O=[Si](O)OCCOCCO. The van der Waals surface area contributed by atoms with Crippen molar-refractivity contribution in [1.29, 1.82) is 0 Å². The lowest BCUT2D eigenvalue weighted by Gasteiger charge is -2.00. The molecule has 0 aliphatic carbocycles. The molecule has 0 aromatic heterocycles. The normalized spacial score (nSPS) is 9.30. The zero-order valence-electron chi connectivity index (χ0n) is 5.45. The predicted octanol–water partition coefficient (Wildman–Crippen LogP) is -1.58. The summed E-state index contributed by atoms with van der Waals surface area (Å²) in [5.41, 5.74) is 0. The number of ether oxygens (including phenoxy) is 1. The highest BCUT2D eigenvalue weighted by atomic mass is 28.3. The van der Waals surface area contributed by atoms with Crippen molar-refractivity contribution in [3.63, 3.8) is 0 Å². The van der Waals surface area contributed by atoms with Gasteiger partial charge in [0.2, 0.25) is 0 Å². The Labute approximate surface area is 60.1 Å². The van der Waals surface area contributed by atoms with Crippen molar-refractivity contribution in [3.05, 3.63) is 0 Å². The van der Waals surface area contributed by atoms with Crippen molar-refractivity contribution in [2.75, 3.05) is 26.4 Å². The maximum absolute atomic E-state index is 9.89. The minimum absolute atomic E-state index is 0.0473. The summed E-state index contributed by atoms with van der Waals surface area (Å²) in [6.45, 7) is 0.510. The lowest BCUT2D eigenvalue weighted by atomic mass is 10.7. The van der Waals surface area contributed by atoms with Crippen LogP contribution in [0.1, 0.15) is 0 Å². The number of hydrogen-bond acceptors (Lipinski definition) is 4. The van der Waals surface area contributed by atoms with E-state index >= 15 is 0 Å². The largest absolute Gasteiger partial charge is 0.764 e. The van der Waals surface area contributed by atoms with E-state index in [1.807, 2.05) is 0 Å². The molecule has 0 aromatic rings. The molecule has 0 atom stereocenters. The first-order valence-corrected chi connectivity index (χ1v) is 4.08. The van der Waals surface area contributed by atoms with E-state index < -0.39 is 9.17 Å². The molecular weight excluding hydrogens is 156 g/mol. The molecule has 0 radical (unpaired) electrons. The zero-order valence-corrected chi connectivity index (χ0v) is 6.45. The van der Waals surface area contributed by atoms with Gasteiger partial charge in [0.05, 0.1) is 26.4 Å². The lowest BCUT2D eigenvalue weighted by molar-refractivity contribution is 0.0631. The second-order valence-corrected chi connectivity index (χ2v) is 2.27. The average molecular weight is 166 g/mol. The third kappa shape index (κ3) is 7.54. The van der Waals surface area contributed by atoms with Crippen molar-refractivity contribution >= 4 is 9.17 Å². The molecule has 0 heterocycles. The molecular formula is C4H10O5Si. The Morgan fingerprint density at radius 3 is 2.50 bits per heavy atom. The van der Waals surface area contributed by atoms with Crippen LogP contribution in [0, 0.1) is 0 Å².